The van der Waals surface area contributed by atoms with Crippen molar-refractivity contribution < 1.29 is 0 Å². The zero-order valence-electron chi connectivity index (χ0n) is 11.9. The minimum absolute atomic E-state index is 0.260. The zero-order valence-corrected chi connectivity index (χ0v) is 11.9. The third-order valence-electron chi connectivity index (χ3n) is 4.11. The first-order chi connectivity index (χ1) is 9.11. The van der Waals surface area contributed by atoms with E-state index in [4.69, 9.17) is 10.7 Å². The number of rotatable bonds is 4. The molecule has 19 heavy (non-hydrogen) atoms. The van der Waals surface area contributed by atoms with Crippen molar-refractivity contribution in [2.75, 3.05) is 20.6 Å². The maximum Gasteiger partial charge on any atom is 0.112 e. The SMILES string of the molecule is CN(C)C(CN)c1ccc2c(c1)nc(C1CC1)n2C. The van der Waals surface area contributed by atoms with Crippen molar-refractivity contribution in [2.24, 2.45) is 12.8 Å². The molecule has 0 saturated heterocycles. The van der Waals surface area contributed by atoms with Crippen LogP contribution in [-0.2, 0) is 7.05 Å². The first kappa shape index (κ1) is 12.6. The molecule has 0 bridgehead atoms. The molecule has 1 aromatic heterocycles. The lowest BCUT2D eigenvalue weighted by Crippen LogP contribution is -2.27. The maximum atomic E-state index is 5.88. The molecule has 1 aliphatic carbocycles. The third-order valence-corrected chi connectivity index (χ3v) is 4.11. The van der Waals surface area contributed by atoms with Crippen molar-refractivity contribution in [3.63, 3.8) is 0 Å². The topological polar surface area (TPSA) is 47.1 Å². The van der Waals surface area contributed by atoms with Gasteiger partial charge in [-0.05, 0) is 44.6 Å². The van der Waals surface area contributed by atoms with Crippen LogP contribution in [0.3, 0.4) is 0 Å². The largest absolute Gasteiger partial charge is 0.331 e. The summed E-state index contributed by atoms with van der Waals surface area (Å²) in [4.78, 5) is 6.97. The Hall–Kier alpha value is -1.39. The standard InChI is InChI=1S/C15H22N4/c1-18(2)14(9-16)11-6-7-13-12(8-11)17-15(19(13)3)10-4-5-10/h6-8,10,14H,4-5,9,16H2,1-3H3. The highest BCUT2D eigenvalue weighted by Gasteiger charge is 2.28. The zero-order chi connectivity index (χ0) is 13.6. The van der Waals surface area contributed by atoms with Crippen molar-refractivity contribution in [3.8, 4) is 0 Å². The molecule has 2 N–H and O–H groups in total. The highest BCUT2D eigenvalue weighted by molar-refractivity contribution is 5.77. The molecule has 4 nitrogen and oxygen atoms in total. The van der Waals surface area contributed by atoms with E-state index in [-0.39, 0.29) is 6.04 Å². The Labute approximate surface area is 114 Å². The molecule has 0 amide bonds. The van der Waals surface area contributed by atoms with Crippen molar-refractivity contribution in [2.45, 2.75) is 24.8 Å². The number of hydrogen-bond acceptors (Lipinski definition) is 3. The van der Waals surface area contributed by atoms with E-state index >= 15 is 0 Å². The predicted molar refractivity (Wildman–Crippen MR) is 78.2 cm³/mol. The van der Waals surface area contributed by atoms with Crippen LogP contribution < -0.4 is 5.73 Å². The van der Waals surface area contributed by atoms with Crippen LogP contribution in [0.25, 0.3) is 11.0 Å². The Balaban J connectivity index is 2.05. The van der Waals surface area contributed by atoms with Gasteiger partial charge < -0.3 is 15.2 Å². The summed E-state index contributed by atoms with van der Waals surface area (Å²) in [6.45, 7) is 0.626. The molecule has 1 atom stereocenters. The van der Waals surface area contributed by atoms with Gasteiger partial charge in [0.1, 0.15) is 5.82 Å². The lowest BCUT2D eigenvalue weighted by molar-refractivity contribution is 0.306. The number of fused-ring (bicyclic) bond motifs is 1. The third kappa shape index (κ3) is 2.15. The van der Waals surface area contributed by atoms with E-state index in [1.54, 1.807) is 0 Å². The summed E-state index contributed by atoms with van der Waals surface area (Å²) >= 11 is 0. The van der Waals surface area contributed by atoms with Gasteiger partial charge in [0.25, 0.3) is 0 Å². The second-order valence-corrected chi connectivity index (χ2v) is 5.77. The summed E-state index contributed by atoms with van der Waals surface area (Å²) in [5.74, 6) is 1.92. The molecule has 1 saturated carbocycles. The van der Waals surface area contributed by atoms with E-state index in [0.29, 0.717) is 12.5 Å². The number of aryl methyl sites for hydroxylation is 1. The number of aromatic nitrogens is 2. The Kier molecular flexibility index (Phi) is 3.07. The number of imidazole rings is 1. The molecule has 2 aromatic rings. The van der Waals surface area contributed by atoms with Crippen molar-refractivity contribution in [1.29, 1.82) is 0 Å². The summed E-state index contributed by atoms with van der Waals surface area (Å²) in [6, 6.07) is 6.81. The summed E-state index contributed by atoms with van der Waals surface area (Å²) < 4.78 is 2.24. The maximum absolute atomic E-state index is 5.88. The van der Waals surface area contributed by atoms with Gasteiger partial charge >= 0.3 is 0 Å². The summed E-state index contributed by atoms with van der Waals surface area (Å²) in [5.41, 5.74) is 9.45. The minimum Gasteiger partial charge on any atom is -0.331 e. The lowest BCUT2D eigenvalue weighted by atomic mass is 10.1. The van der Waals surface area contributed by atoms with E-state index < -0.39 is 0 Å². The fraction of sp³-hybridized carbons (Fsp3) is 0.533. The Bertz CT molecular complexity index is 595. The van der Waals surface area contributed by atoms with E-state index in [2.05, 4.69) is 48.8 Å². The van der Waals surface area contributed by atoms with Gasteiger partial charge in [-0.1, -0.05) is 6.07 Å². The normalized spacial score (nSPS) is 17.3. The van der Waals surface area contributed by atoms with Crippen LogP contribution >= 0.6 is 0 Å². The highest BCUT2D eigenvalue weighted by Crippen LogP contribution is 2.40. The van der Waals surface area contributed by atoms with Crippen molar-refractivity contribution in [3.05, 3.63) is 29.6 Å². The molecule has 1 fully saturated rings. The summed E-state index contributed by atoms with van der Waals surface area (Å²) in [5, 5.41) is 0. The van der Waals surface area contributed by atoms with Crippen LogP contribution in [0.15, 0.2) is 18.2 Å². The fourth-order valence-corrected chi connectivity index (χ4v) is 2.79. The van der Waals surface area contributed by atoms with Gasteiger partial charge in [0.15, 0.2) is 0 Å². The van der Waals surface area contributed by atoms with Gasteiger partial charge in [-0.2, -0.15) is 0 Å². The monoisotopic (exact) mass is 258 g/mol. The van der Waals surface area contributed by atoms with E-state index in [0.717, 1.165) is 5.52 Å². The number of nitrogens with two attached hydrogens (primary N) is 1. The number of likely N-dealkylation sites (N-methyl/N-ethyl adjacent to an activating group) is 1. The average molecular weight is 258 g/mol. The Morgan fingerprint density at radius 2 is 2.16 bits per heavy atom. The van der Waals surface area contributed by atoms with Crippen LogP contribution in [0.2, 0.25) is 0 Å². The molecule has 0 aliphatic heterocycles. The van der Waals surface area contributed by atoms with Crippen LogP contribution in [0, 0.1) is 0 Å². The number of hydrogen-bond donors (Lipinski definition) is 1. The van der Waals surface area contributed by atoms with Crippen molar-refractivity contribution >= 4 is 11.0 Å². The summed E-state index contributed by atoms with van der Waals surface area (Å²) in [6.07, 6.45) is 2.57. The molecular formula is C15H22N4. The molecule has 1 aromatic carbocycles. The average Bonchev–Trinajstić information content (AvgIpc) is 3.16. The van der Waals surface area contributed by atoms with E-state index in [9.17, 15) is 0 Å². The highest BCUT2D eigenvalue weighted by atomic mass is 15.1. The quantitative estimate of drug-likeness (QED) is 0.912. The number of nitrogens with zero attached hydrogens (tertiary/aromatic N) is 3. The molecule has 3 rings (SSSR count). The molecule has 102 valence electrons. The fourth-order valence-electron chi connectivity index (χ4n) is 2.79. The lowest BCUT2D eigenvalue weighted by Gasteiger charge is -2.22. The minimum atomic E-state index is 0.260. The van der Waals surface area contributed by atoms with Crippen molar-refractivity contribution in [1.82, 2.24) is 14.5 Å². The van der Waals surface area contributed by atoms with Crippen LogP contribution in [-0.4, -0.2) is 35.1 Å². The molecule has 4 heteroatoms. The van der Waals surface area contributed by atoms with Gasteiger partial charge in [-0.3, -0.25) is 0 Å². The van der Waals surface area contributed by atoms with Gasteiger partial charge in [0, 0.05) is 25.6 Å². The molecular weight excluding hydrogens is 236 g/mol. The summed E-state index contributed by atoms with van der Waals surface area (Å²) in [7, 11) is 6.25. The molecule has 1 heterocycles. The van der Waals surface area contributed by atoms with E-state index in [1.165, 1.54) is 29.7 Å². The first-order valence-electron chi connectivity index (χ1n) is 6.94. The number of benzene rings is 1. The van der Waals surface area contributed by atoms with Gasteiger partial charge in [0.2, 0.25) is 0 Å². The van der Waals surface area contributed by atoms with Gasteiger partial charge in [-0.25, -0.2) is 4.98 Å². The smallest absolute Gasteiger partial charge is 0.112 e. The van der Waals surface area contributed by atoms with Crippen LogP contribution in [0.1, 0.15) is 36.2 Å². The van der Waals surface area contributed by atoms with E-state index in [1.807, 2.05) is 0 Å². The molecule has 0 radical (unpaired) electrons. The van der Waals surface area contributed by atoms with Gasteiger partial charge in [-0.15, -0.1) is 0 Å². The molecule has 0 spiro atoms. The molecule has 1 aliphatic rings. The molecule has 1 unspecified atom stereocenters. The first-order valence-corrected chi connectivity index (χ1v) is 6.94. The Morgan fingerprint density at radius 1 is 1.42 bits per heavy atom. The second kappa shape index (κ2) is 4.62. The van der Waals surface area contributed by atoms with Crippen LogP contribution in [0.5, 0.6) is 0 Å². The van der Waals surface area contributed by atoms with Gasteiger partial charge in [0.05, 0.1) is 11.0 Å². The van der Waals surface area contributed by atoms with Crippen LogP contribution in [0.4, 0.5) is 0 Å². The predicted octanol–water partition coefficient (Wildman–Crippen LogP) is 2.01. The Morgan fingerprint density at radius 3 is 2.74 bits per heavy atom. The second-order valence-electron chi connectivity index (χ2n) is 5.77.